The summed E-state index contributed by atoms with van der Waals surface area (Å²) in [6.07, 6.45) is 1.52. The number of hydrogen-bond acceptors (Lipinski definition) is 3. The second-order valence-corrected chi connectivity index (χ2v) is 7.45. The maximum atomic E-state index is 5.65. The Morgan fingerprint density at radius 1 is 0.870 bits per heavy atom. The number of rotatable bonds is 8. The van der Waals surface area contributed by atoms with Gasteiger partial charge >= 0.3 is 0 Å². The van der Waals surface area contributed by atoms with Crippen LogP contribution in [0.2, 0.25) is 0 Å². The summed E-state index contributed by atoms with van der Waals surface area (Å²) in [7, 11) is 0. The average molecular weight is 319 g/mol. The second kappa shape index (κ2) is 9.41. The van der Waals surface area contributed by atoms with Crippen LogP contribution in [-0.2, 0) is 17.7 Å². The zero-order valence-electron chi connectivity index (χ0n) is 15.4. The summed E-state index contributed by atoms with van der Waals surface area (Å²) in [5.41, 5.74) is 2.90. The van der Waals surface area contributed by atoms with E-state index in [9.17, 15) is 0 Å². The van der Waals surface area contributed by atoms with Gasteiger partial charge in [-0.25, -0.2) is 0 Å². The molecule has 3 heteroatoms. The summed E-state index contributed by atoms with van der Waals surface area (Å²) in [5.74, 6) is 0.730. The van der Waals surface area contributed by atoms with Gasteiger partial charge in [0.15, 0.2) is 0 Å². The number of piperazine rings is 1. The van der Waals surface area contributed by atoms with Gasteiger partial charge in [-0.15, -0.1) is 0 Å². The fraction of sp³-hybridized carbons (Fsp3) is 0.700. The lowest BCUT2D eigenvalue weighted by molar-refractivity contribution is 0.0437. The smallest absolute Gasteiger partial charge is 0.0596 e. The molecule has 130 valence electrons. The van der Waals surface area contributed by atoms with Crippen molar-refractivity contribution in [1.82, 2.24) is 9.80 Å². The third-order valence-corrected chi connectivity index (χ3v) is 4.40. The summed E-state index contributed by atoms with van der Waals surface area (Å²) in [6.45, 7) is 16.4. The van der Waals surface area contributed by atoms with Crippen LogP contribution in [-0.4, -0.2) is 55.2 Å². The zero-order chi connectivity index (χ0) is 16.7. The van der Waals surface area contributed by atoms with Gasteiger partial charge in [-0.05, 0) is 37.3 Å². The molecule has 0 N–H and O–H groups in total. The van der Waals surface area contributed by atoms with Gasteiger partial charge in [0.25, 0.3) is 0 Å². The summed E-state index contributed by atoms with van der Waals surface area (Å²) in [6, 6.07) is 9.21. The molecular weight excluding hydrogens is 284 g/mol. The molecule has 2 rings (SSSR count). The molecule has 0 spiro atoms. The van der Waals surface area contributed by atoms with E-state index in [-0.39, 0.29) is 0 Å². The lowest BCUT2D eigenvalue weighted by atomic mass is 10.0. The lowest BCUT2D eigenvalue weighted by Gasteiger charge is -2.34. The van der Waals surface area contributed by atoms with E-state index in [2.05, 4.69) is 61.8 Å². The van der Waals surface area contributed by atoms with Crippen LogP contribution in [0.1, 0.15) is 38.8 Å². The van der Waals surface area contributed by atoms with Gasteiger partial charge in [-0.1, -0.05) is 38.1 Å². The molecule has 23 heavy (non-hydrogen) atoms. The van der Waals surface area contributed by atoms with Crippen molar-refractivity contribution in [2.24, 2.45) is 5.92 Å². The molecule has 0 amide bonds. The highest BCUT2D eigenvalue weighted by Gasteiger charge is 2.16. The molecule has 0 unspecified atom stereocenters. The molecule has 1 fully saturated rings. The largest absolute Gasteiger partial charge is 0.377 e. The highest BCUT2D eigenvalue weighted by atomic mass is 16.5. The van der Waals surface area contributed by atoms with E-state index in [1.807, 2.05) is 0 Å². The Morgan fingerprint density at radius 3 is 2.00 bits per heavy atom. The molecular formula is C20H34N2O. The van der Waals surface area contributed by atoms with Crippen LogP contribution in [0.3, 0.4) is 0 Å². The fourth-order valence-corrected chi connectivity index (χ4v) is 3.10. The molecule has 0 bridgehead atoms. The Hall–Kier alpha value is -0.900. The minimum atomic E-state index is 0.343. The van der Waals surface area contributed by atoms with Crippen LogP contribution in [0.25, 0.3) is 0 Å². The van der Waals surface area contributed by atoms with Crippen LogP contribution in [0, 0.1) is 5.92 Å². The number of benzene rings is 1. The summed E-state index contributed by atoms with van der Waals surface area (Å²) in [4.78, 5) is 5.09. The molecule has 1 aromatic carbocycles. The fourth-order valence-electron chi connectivity index (χ4n) is 3.10. The highest BCUT2D eigenvalue weighted by molar-refractivity contribution is 5.22. The van der Waals surface area contributed by atoms with Gasteiger partial charge < -0.3 is 4.74 Å². The number of nitrogens with zero attached hydrogens (tertiary/aromatic N) is 2. The maximum absolute atomic E-state index is 5.65. The van der Waals surface area contributed by atoms with E-state index in [0.29, 0.717) is 6.10 Å². The van der Waals surface area contributed by atoms with Gasteiger partial charge in [0, 0.05) is 39.3 Å². The standard InChI is InChI=1S/C20H34N2O/c1-17(2)15-19-5-7-20(8-6-19)16-22-11-9-21(10-12-22)13-14-23-18(3)4/h5-8,17-18H,9-16H2,1-4H3. The quantitative estimate of drug-likeness (QED) is 0.730. The number of ether oxygens (including phenoxy) is 1. The van der Waals surface area contributed by atoms with E-state index in [1.54, 1.807) is 0 Å². The maximum Gasteiger partial charge on any atom is 0.0596 e. The van der Waals surface area contributed by atoms with Gasteiger partial charge in [0.1, 0.15) is 0 Å². The zero-order valence-corrected chi connectivity index (χ0v) is 15.4. The van der Waals surface area contributed by atoms with Gasteiger partial charge in [-0.2, -0.15) is 0 Å². The van der Waals surface area contributed by atoms with E-state index in [1.165, 1.54) is 17.5 Å². The van der Waals surface area contributed by atoms with Crippen molar-refractivity contribution in [3.05, 3.63) is 35.4 Å². The predicted molar refractivity (Wildman–Crippen MR) is 97.8 cm³/mol. The van der Waals surface area contributed by atoms with Crippen LogP contribution < -0.4 is 0 Å². The Bertz CT molecular complexity index is 433. The average Bonchev–Trinajstić information content (AvgIpc) is 2.50. The van der Waals surface area contributed by atoms with Crippen LogP contribution in [0.15, 0.2) is 24.3 Å². The van der Waals surface area contributed by atoms with Crippen molar-refractivity contribution in [1.29, 1.82) is 0 Å². The van der Waals surface area contributed by atoms with Gasteiger partial charge in [-0.3, -0.25) is 9.80 Å². The molecule has 1 heterocycles. The van der Waals surface area contributed by atoms with Crippen molar-refractivity contribution in [2.45, 2.75) is 46.8 Å². The summed E-state index contributed by atoms with van der Waals surface area (Å²) >= 11 is 0. The molecule has 0 aromatic heterocycles. The Kier molecular flexibility index (Phi) is 7.54. The summed E-state index contributed by atoms with van der Waals surface area (Å²) in [5, 5.41) is 0. The molecule has 1 aromatic rings. The van der Waals surface area contributed by atoms with Crippen LogP contribution >= 0.6 is 0 Å². The monoisotopic (exact) mass is 318 g/mol. The molecule has 0 aliphatic carbocycles. The third-order valence-electron chi connectivity index (χ3n) is 4.40. The summed E-state index contributed by atoms with van der Waals surface area (Å²) < 4.78 is 5.65. The molecule has 0 radical (unpaired) electrons. The minimum Gasteiger partial charge on any atom is -0.377 e. The van der Waals surface area contributed by atoms with E-state index in [0.717, 1.165) is 51.8 Å². The Labute approximate surface area is 142 Å². The normalized spacial score (nSPS) is 17.3. The van der Waals surface area contributed by atoms with Gasteiger partial charge in [0.05, 0.1) is 12.7 Å². The molecule has 3 nitrogen and oxygen atoms in total. The first-order chi connectivity index (χ1) is 11.0. The van der Waals surface area contributed by atoms with Crippen molar-refractivity contribution in [2.75, 3.05) is 39.3 Å². The third kappa shape index (κ3) is 7.03. The molecule has 1 saturated heterocycles. The first-order valence-corrected chi connectivity index (χ1v) is 9.17. The molecule has 0 saturated carbocycles. The SMILES string of the molecule is CC(C)Cc1ccc(CN2CCN(CCOC(C)C)CC2)cc1. The van der Waals surface area contributed by atoms with Crippen molar-refractivity contribution < 1.29 is 4.74 Å². The first-order valence-electron chi connectivity index (χ1n) is 9.17. The highest BCUT2D eigenvalue weighted by Crippen LogP contribution is 2.13. The predicted octanol–water partition coefficient (Wildman–Crippen LogP) is 3.43. The van der Waals surface area contributed by atoms with E-state index in [4.69, 9.17) is 4.74 Å². The van der Waals surface area contributed by atoms with Crippen molar-refractivity contribution in [3.8, 4) is 0 Å². The minimum absolute atomic E-state index is 0.343. The second-order valence-electron chi connectivity index (χ2n) is 7.45. The lowest BCUT2D eigenvalue weighted by Crippen LogP contribution is -2.46. The Balaban J connectivity index is 1.69. The topological polar surface area (TPSA) is 15.7 Å². The Morgan fingerprint density at radius 2 is 1.43 bits per heavy atom. The first kappa shape index (κ1) is 18.4. The van der Waals surface area contributed by atoms with E-state index < -0.39 is 0 Å². The van der Waals surface area contributed by atoms with Crippen molar-refractivity contribution in [3.63, 3.8) is 0 Å². The number of hydrogen-bond donors (Lipinski definition) is 0. The van der Waals surface area contributed by atoms with Crippen molar-refractivity contribution >= 4 is 0 Å². The molecule has 1 aliphatic heterocycles. The van der Waals surface area contributed by atoms with Crippen LogP contribution in [0.5, 0.6) is 0 Å². The molecule has 1 aliphatic rings. The van der Waals surface area contributed by atoms with Crippen LogP contribution in [0.4, 0.5) is 0 Å². The van der Waals surface area contributed by atoms with E-state index >= 15 is 0 Å². The molecule has 0 atom stereocenters. The van der Waals surface area contributed by atoms with Gasteiger partial charge in [0.2, 0.25) is 0 Å².